The normalized spacial score (nSPS) is 16.2. The maximum Gasteiger partial charge on any atom is 0.216 e. The summed E-state index contributed by atoms with van der Waals surface area (Å²) < 4.78 is 27.5. The Bertz CT molecular complexity index is 681. The van der Waals surface area contributed by atoms with E-state index in [1.165, 1.54) is 13.0 Å². The van der Waals surface area contributed by atoms with Crippen LogP contribution in [-0.4, -0.2) is 67.5 Å². The Balaban J connectivity index is 0.00000420. The van der Waals surface area contributed by atoms with Gasteiger partial charge in [-0.05, 0) is 19.4 Å². The van der Waals surface area contributed by atoms with Gasteiger partial charge in [0.2, 0.25) is 5.91 Å². The van der Waals surface area contributed by atoms with Crippen molar-refractivity contribution >= 4 is 35.8 Å². The fourth-order valence-corrected chi connectivity index (χ4v) is 3.51. The molecule has 0 spiro atoms. The molecule has 2 N–H and O–H groups in total. The zero-order valence-electron chi connectivity index (χ0n) is 17.4. The third-order valence-corrected chi connectivity index (χ3v) is 4.84. The number of hydrogen-bond acceptors (Lipinski definition) is 3. The number of halogens is 3. The van der Waals surface area contributed by atoms with Crippen LogP contribution in [0.1, 0.15) is 38.8 Å². The van der Waals surface area contributed by atoms with E-state index >= 15 is 0 Å². The minimum absolute atomic E-state index is 0. The Hall–Kier alpha value is -1.49. The van der Waals surface area contributed by atoms with E-state index in [2.05, 4.69) is 25.4 Å². The summed E-state index contributed by atoms with van der Waals surface area (Å²) in [6, 6.07) is 3.77. The number of rotatable bonds is 7. The predicted molar refractivity (Wildman–Crippen MR) is 123 cm³/mol. The van der Waals surface area contributed by atoms with Gasteiger partial charge in [0.1, 0.15) is 11.6 Å². The van der Waals surface area contributed by atoms with Crippen LogP contribution in [0, 0.1) is 11.6 Å². The number of carbonyl (C=O) groups is 1. The Kier molecular flexibility index (Phi) is 11.4. The smallest absolute Gasteiger partial charge is 0.216 e. The van der Waals surface area contributed by atoms with Crippen molar-refractivity contribution in [1.29, 1.82) is 0 Å². The van der Waals surface area contributed by atoms with Gasteiger partial charge in [0.05, 0.1) is 6.54 Å². The Morgan fingerprint density at radius 3 is 2.41 bits per heavy atom. The quantitative estimate of drug-likeness (QED) is 0.250. The first-order valence-electron chi connectivity index (χ1n) is 9.92. The summed E-state index contributed by atoms with van der Waals surface area (Å²) in [6.07, 6.45) is 0.757. The number of amides is 1. The third-order valence-electron chi connectivity index (χ3n) is 4.84. The summed E-state index contributed by atoms with van der Waals surface area (Å²) in [7, 11) is 0. The molecular formula is C20H32F2IN5O. The number of benzene rings is 1. The van der Waals surface area contributed by atoms with Crippen LogP contribution in [-0.2, 0) is 4.79 Å². The van der Waals surface area contributed by atoms with Crippen molar-refractivity contribution < 1.29 is 13.6 Å². The monoisotopic (exact) mass is 523 g/mol. The van der Waals surface area contributed by atoms with Gasteiger partial charge in [0.25, 0.3) is 0 Å². The minimum Gasteiger partial charge on any atom is -0.357 e. The lowest BCUT2D eigenvalue weighted by Crippen LogP contribution is -2.53. The molecule has 164 valence electrons. The first-order chi connectivity index (χ1) is 13.5. The van der Waals surface area contributed by atoms with E-state index in [0.29, 0.717) is 18.7 Å². The standard InChI is InChI=1S/C20H31F2N5O.HI/c1-4-19(17-7-6-16(21)14-18(17)22)26-10-12-27(13-11-26)20(23-5-2)25-9-8-24-15(3)28;/h6-7,14,19H,4-5,8-13H2,1-3H3,(H,23,25)(H,24,28);1H. The average molecular weight is 523 g/mol. The third kappa shape index (κ3) is 7.69. The van der Waals surface area contributed by atoms with Gasteiger partial charge in [0.15, 0.2) is 5.96 Å². The topological polar surface area (TPSA) is 60.0 Å². The van der Waals surface area contributed by atoms with Crippen LogP contribution < -0.4 is 10.6 Å². The number of hydrogen-bond donors (Lipinski definition) is 2. The van der Waals surface area contributed by atoms with E-state index in [0.717, 1.165) is 51.2 Å². The van der Waals surface area contributed by atoms with Crippen LogP contribution in [0.5, 0.6) is 0 Å². The molecule has 1 atom stereocenters. The van der Waals surface area contributed by atoms with E-state index in [9.17, 15) is 13.6 Å². The number of nitrogens with one attached hydrogen (secondary N) is 2. The Morgan fingerprint density at radius 1 is 1.17 bits per heavy atom. The molecule has 1 unspecified atom stereocenters. The highest BCUT2D eigenvalue weighted by Gasteiger charge is 2.27. The molecule has 1 saturated heterocycles. The Morgan fingerprint density at radius 2 is 1.86 bits per heavy atom. The summed E-state index contributed by atoms with van der Waals surface area (Å²) in [6.45, 7) is 10.4. The molecule has 0 radical (unpaired) electrons. The summed E-state index contributed by atoms with van der Waals surface area (Å²) in [4.78, 5) is 20.0. The van der Waals surface area contributed by atoms with Gasteiger partial charge in [-0.2, -0.15) is 0 Å². The van der Waals surface area contributed by atoms with Crippen LogP contribution in [0.15, 0.2) is 23.2 Å². The lowest BCUT2D eigenvalue weighted by atomic mass is 10.0. The van der Waals surface area contributed by atoms with Crippen molar-refractivity contribution in [2.75, 3.05) is 45.8 Å². The summed E-state index contributed by atoms with van der Waals surface area (Å²) >= 11 is 0. The maximum absolute atomic E-state index is 14.2. The zero-order chi connectivity index (χ0) is 20.5. The highest BCUT2D eigenvalue weighted by atomic mass is 127. The molecule has 1 aromatic rings. The molecule has 6 nitrogen and oxygen atoms in total. The second-order valence-corrected chi connectivity index (χ2v) is 6.83. The Labute approximate surface area is 189 Å². The first kappa shape index (κ1) is 25.5. The molecule has 9 heteroatoms. The fraction of sp³-hybridized carbons (Fsp3) is 0.600. The predicted octanol–water partition coefficient (Wildman–Crippen LogP) is 2.75. The number of carbonyl (C=O) groups excluding carboxylic acids is 1. The van der Waals surface area contributed by atoms with Gasteiger partial charge in [0, 0.05) is 63.9 Å². The average Bonchev–Trinajstić information content (AvgIpc) is 2.67. The van der Waals surface area contributed by atoms with Crippen molar-refractivity contribution in [3.8, 4) is 0 Å². The molecule has 0 saturated carbocycles. The molecule has 0 aromatic heterocycles. The molecule has 1 aliphatic heterocycles. The van der Waals surface area contributed by atoms with Gasteiger partial charge >= 0.3 is 0 Å². The minimum atomic E-state index is -0.549. The molecule has 0 aliphatic carbocycles. The lowest BCUT2D eigenvalue weighted by molar-refractivity contribution is -0.118. The van der Waals surface area contributed by atoms with E-state index in [1.54, 1.807) is 6.07 Å². The van der Waals surface area contributed by atoms with E-state index in [4.69, 9.17) is 0 Å². The second-order valence-electron chi connectivity index (χ2n) is 6.83. The molecule has 1 aromatic carbocycles. The van der Waals surface area contributed by atoms with Crippen molar-refractivity contribution in [1.82, 2.24) is 20.4 Å². The van der Waals surface area contributed by atoms with Gasteiger partial charge < -0.3 is 15.5 Å². The molecule has 2 rings (SSSR count). The molecule has 1 amide bonds. The van der Waals surface area contributed by atoms with Crippen molar-refractivity contribution in [2.24, 2.45) is 4.99 Å². The lowest BCUT2D eigenvalue weighted by Gasteiger charge is -2.40. The molecule has 1 aliphatic rings. The van der Waals surface area contributed by atoms with Crippen molar-refractivity contribution in [2.45, 2.75) is 33.2 Å². The van der Waals surface area contributed by atoms with Gasteiger partial charge in [-0.15, -0.1) is 24.0 Å². The summed E-state index contributed by atoms with van der Waals surface area (Å²) in [5.74, 6) is -0.269. The van der Waals surface area contributed by atoms with Gasteiger partial charge in [-0.25, -0.2) is 8.78 Å². The highest BCUT2D eigenvalue weighted by molar-refractivity contribution is 14.0. The van der Waals surface area contributed by atoms with Gasteiger partial charge in [-0.3, -0.25) is 14.7 Å². The summed E-state index contributed by atoms with van der Waals surface area (Å²) in [5, 5.41) is 6.03. The molecular weight excluding hydrogens is 491 g/mol. The fourth-order valence-electron chi connectivity index (χ4n) is 3.51. The van der Waals surface area contributed by atoms with Crippen LogP contribution in [0.4, 0.5) is 8.78 Å². The highest BCUT2D eigenvalue weighted by Crippen LogP contribution is 2.28. The zero-order valence-corrected chi connectivity index (χ0v) is 19.7. The van der Waals surface area contributed by atoms with E-state index in [1.807, 2.05) is 13.8 Å². The van der Waals surface area contributed by atoms with Crippen LogP contribution in [0.25, 0.3) is 0 Å². The second kappa shape index (κ2) is 12.9. The maximum atomic E-state index is 14.2. The van der Waals surface area contributed by atoms with E-state index in [-0.39, 0.29) is 35.9 Å². The molecule has 0 bridgehead atoms. The van der Waals surface area contributed by atoms with Crippen LogP contribution in [0.2, 0.25) is 0 Å². The molecule has 1 fully saturated rings. The number of guanidine groups is 1. The molecule has 1 heterocycles. The van der Waals surface area contributed by atoms with Gasteiger partial charge in [-0.1, -0.05) is 13.0 Å². The van der Waals surface area contributed by atoms with E-state index < -0.39 is 11.6 Å². The number of aliphatic imine (C=N–C) groups is 1. The molecule has 29 heavy (non-hydrogen) atoms. The van der Waals surface area contributed by atoms with Crippen molar-refractivity contribution in [3.63, 3.8) is 0 Å². The number of piperazine rings is 1. The largest absolute Gasteiger partial charge is 0.357 e. The SMILES string of the molecule is CCNC(=NCCNC(C)=O)N1CCN(C(CC)c2ccc(F)cc2F)CC1.I. The van der Waals surface area contributed by atoms with Crippen LogP contribution in [0.3, 0.4) is 0 Å². The summed E-state index contributed by atoms with van der Waals surface area (Å²) in [5.41, 5.74) is 0.549. The number of nitrogens with zero attached hydrogens (tertiary/aromatic N) is 3. The van der Waals surface area contributed by atoms with Crippen molar-refractivity contribution in [3.05, 3.63) is 35.4 Å². The van der Waals surface area contributed by atoms with Crippen LogP contribution >= 0.6 is 24.0 Å². The first-order valence-corrected chi connectivity index (χ1v) is 9.92.